The molecule has 0 unspecified atom stereocenters. The monoisotopic (exact) mass is 671 g/mol. The zero-order valence-corrected chi connectivity index (χ0v) is 29.5. The van der Waals surface area contributed by atoms with Crippen LogP contribution in [-0.4, -0.2) is 65.6 Å². The van der Waals surface area contributed by atoms with Crippen LogP contribution in [0, 0.1) is 12.8 Å². The van der Waals surface area contributed by atoms with Crippen molar-refractivity contribution in [2.24, 2.45) is 5.92 Å². The van der Waals surface area contributed by atoms with Crippen LogP contribution < -0.4 is 20.7 Å². The predicted molar refractivity (Wildman–Crippen MR) is 190 cm³/mol. The maximum Gasteiger partial charge on any atom is 0.328 e. The van der Waals surface area contributed by atoms with E-state index in [9.17, 15) is 19.2 Å². The number of benzene rings is 3. The lowest BCUT2D eigenvalue weighted by molar-refractivity contribution is -0.144. The van der Waals surface area contributed by atoms with Crippen LogP contribution in [0.2, 0.25) is 0 Å². The van der Waals surface area contributed by atoms with E-state index in [1.165, 1.54) is 12.0 Å². The summed E-state index contributed by atoms with van der Waals surface area (Å²) in [5.74, 6) is -0.00388. The second-order valence-corrected chi connectivity index (χ2v) is 13.2. The summed E-state index contributed by atoms with van der Waals surface area (Å²) in [7, 11) is 1.51. The highest BCUT2D eigenvalue weighted by Gasteiger charge is 2.53. The Hall–Kier alpha value is -4.90. The number of methoxy groups -OCH3 is 1. The lowest BCUT2D eigenvalue weighted by Crippen LogP contribution is -2.48. The van der Waals surface area contributed by atoms with Gasteiger partial charge in [-0.1, -0.05) is 68.4 Å². The smallest absolute Gasteiger partial charge is 0.328 e. The Balaban J connectivity index is 1.52. The molecule has 1 aliphatic heterocycles. The summed E-state index contributed by atoms with van der Waals surface area (Å²) in [4.78, 5) is 56.3. The van der Waals surface area contributed by atoms with Crippen LogP contribution in [-0.2, 0) is 20.9 Å². The summed E-state index contributed by atoms with van der Waals surface area (Å²) >= 11 is 0. The van der Waals surface area contributed by atoms with Gasteiger partial charge in [-0.25, -0.2) is 9.59 Å². The molecule has 3 aromatic rings. The predicted octanol–water partition coefficient (Wildman–Crippen LogP) is 6.89. The van der Waals surface area contributed by atoms with Crippen LogP contribution in [0.5, 0.6) is 5.75 Å². The van der Waals surface area contributed by atoms with Crippen molar-refractivity contribution in [3.63, 3.8) is 0 Å². The number of imide groups is 1. The lowest BCUT2D eigenvalue weighted by atomic mass is 9.98. The van der Waals surface area contributed by atoms with Gasteiger partial charge in [-0.15, -0.1) is 0 Å². The molecule has 0 saturated carbocycles. The zero-order valence-electron chi connectivity index (χ0n) is 29.5. The van der Waals surface area contributed by atoms with E-state index in [0.29, 0.717) is 30.1 Å². The van der Waals surface area contributed by atoms with Gasteiger partial charge in [0.15, 0.2) is 0 Å². The Kier molecular flexibility index (Phi) is 12.4. The summed E-state index contributed by atoms with van der Waals surface area (Å²) in [6.45, 7) is 12.0. The number of hydrogen-bond donors (Lipinski definition) is 3. The highest BCUT2D eigenvalue weighted by Crippen LogP contribution is 2.34. The molecule has 49 heavy (non-hydrogen) atoms. The maximum atomic E-state index is 14.1. The van der Waals surface area contributed by atoms with E-state index in [2.05, 4.69) is 29.8 Å². The summed E-state index contributed by atoms with van der Waals surface area (Å²) < 4.78 is 10.8. The minimum Gasteiger partial charge on any atom is -0.495 e. The fourth-order valence-corrected chi connectivity index (χ4v) is 6.04. The number of para-hydroxylation sites is 1. The van der Waals surface area contributed by atoms with Crippen LogP contribution in [0.3, 0.4) is 0 Å². The van der Waals surface area contributed by atoms with Gasteiger partial charge in [-0.05, 0) is 74.9 Å². The van der Waals surface area contributed by atoms with E-state index in [1.807, 2.05) is 61.5 Å². The van der Waals surface area contributed by atoms with Gasteiger partial charge in [0.2, 0.25) is 0 Å². The molecule has 1 fully saturated rings. The molecule has 1 heterocycles. The largest absolute Gasteiger partial charge is 0.495 e. The minimum absolute atomic E-state index is 0.117. The third kappa shape index (κ3) is 9.17. The van der Waals surface area contributed by atoms with Crippen molar-refractivity contribution in [2.75, 3.05) is 30.9 Å². The first kappa shape index (κ1) is 36.9. The first-order chi connectivity index (χ1) is 23.3. The van der Waals surface area contributed by atoms with Crippen molar-refractivity contribution >= 4 is 35.3 Å². The Morgan fingerprint density at radius 1 is 0.918 bits per heavy atom. The first-order valence-electron chi connectivity index (χ1n) is 16.7. The van der Waals surface area contributed by atoms with Crippen molar-refractivity contribution in [1.29, 1.82) is 0 Å². The maximum absolute atomic E-state index is 14.1. The Morgan fingerprint density at radius 3 is 2.24 bits per heavy atom. The second-order valence-electron chi connectivity index (χ2n) is 13.2. The quantitative estimate of drug-likeness (QED) is 0.119. The number of aryl methyl sites for hydroxylation is 1. The van der Waals surface area contributed by atoms with E-state index in [4.69, 9.17) is 9.47 Å². The average molecular weight is 672 g/mol. The number of esters is 1. The standard InChI is InChI=1S/C38H49N5O6/c1-8-49-34(44)22-32(28-15-10-9-11-16-28)39-23-29(20-25(2)3)43-35(45)38(5,6)42(37(43)47)24-27-18-19-31(33(21-27)48-7)41-36(46)40-30-17-13-12-14-26(30)4/h9-19,21,25,29,32,39H,8,20,22-24H2,1-7H3,(H2,40,41,46)/t29-,32-/m0/s1. The average Bonchev–Trinajstić information content (AvgIpc) is 3.23. The molecule has 0 bridgehead atoms. The van der Waals surface area contributed by atoms with Crippen molar-refractivity contribution in [2.45, 2.75) is 78.6 Å². The number of amides is 5. The number of carbonyl (C=O) groups is 4. The van der Waals surface area contributed by atoms with E-state index in [-0.39, 0.29) is 49.4 Å². The molecule has 0 radical (unpaired) electrons. The molecule has 0 aromatic heterocycles. The Labute approximate surface area is 289 Å². The molecule has 5 amide bonds. The number of urea groups is 2. The molecule has 0 spiro atoms. The van der Waals surface area contributed by atoms with E-state index >= 15 is 0 Å². The Morgan fingerprint density at radius 2 is 1.59 bits per heavy atom. The molecule has 11 heteroatoms. The highest BCUT2D eigenvalue weighted by atomic mass is 16.5. The fraction of sp³-hybridized carbons (Fsp3) is 0.421. The summed E-state index contributed by atoms with van der Waals surface area (Å²) in [5.41, 5.74) is 2.61. The molecule has 0 aliphatic carbocycles. The van der Waals surface area contributed by atoms with Crippen molar-refractivity contribution < 1.29 is 28.7 Å². The number of carbonyl (C=O) groups excluding carboxylic acids is 4. The van der Waals surface area contributed by atoms with E-state index < -0.39 is 17.6 Å². The number of nitrogens with zero attached hydrogens (tertiary/aromatic N) is 2. The summed E-state index contributed by atoms with van der Waals surface area (Å²) in [6.07, 6.45) is 0.695. The van der Waals surface area contributed by atoms with Gasteiger partial charge in [-0.3, -0.25) is 14.5 Å². The second kappa shape index (κ2) is 16.5. The number of anilines is 2. The third-order valence-corrected chi connectivity index (χ3v) is 8.69. The topological polar surface area (TPSA) is 129 Å². The van der Waals surface area contributed by atoms with Gasteiger partial charge < -0.3 is 30.3 Å². The molecule has 3 aromatic carbocycles. The van der Waals surface area contributed by atoms with Crippen LogP contribution >= 0.6 is 0 Å². The number of nitrogens with one attached hydrogen (secondary N) is 3. The molecule has 1 saturated heterocycles. The molecular formula is C38H49N5O6. The van der Waals surface area contributed by atoms with Gasteiger partial charge in [0.25, 0.3) is 5.91 Å². The molecular weight excluding hydrogens is 622 g/mol. The van der Waals surface area contributed by atoms with Crippen LogP contribution in [0.4, 0.5) is 21.0 Å². The summed E-state index contributed by atoms with van der Waals surface area (Å²) in [5, 5.41) is 9.15. The van der Waals surface area contributed by atoms with Crippen molar-refractivity contribution in [3.8, 4) is 5.75 Å². The normalized spacial score (nSPS) is 15.3. The minimum atomic E-state index is -1.12. The van der Waals surface area contributed by atoms with Gasteiger partial charge in [0.05, 0.1) is 31.9 Å². The number of hydrogen-bond acceptors (Lipinski definition) is 7. The van der Waals surface area contributed by atoms with Crippen molar-refractivity contribution in [3.05, 3.63) is 89.5 Å². The molecule has 262 valence electrons. The highest BCUT2D eigenvalue weighted by molar-refractivity contribution is 6.07. The van der Waals surface area contributed by atoms with E-state index in [1.54, 1.807) is 43.9 Å². The van der Waals surface area contributed by atoms with Gasteiger partial charge in [0.1, 0.15) is 11.3 Å². The van der Waals surface area contributed by atoms with Crippen molar-refractivity contribution in [1.82, 2.24) is 15.1 Å². The Bertz CT molecular complexity index is 1630. The number of ether oxygens (including phenoxy) is 2. The van der Waals surface area contributed by atoms with Gasteiger partial charge in [0, 0.05) is 24.8 Å². The van der Waals surface area contributed by atoms with E-state index in [0.717, 1.165) is 16.7 Å². The molecule has 11 nitrogen and oxygen atoms in total. The summed E-state index contributed by atoms with van der Waals surface area (Å²) in [6, 6.07) is 20.8. The molecule has 2 atom stereocenters. The molecule has 4 rings (SSSR count). The first-order valence-corrected chi connectivity index (χ1v) is 16.7. The lowest BCUT2D eigenvalue weighted by Gasteiger charge is -2.30. The van der Waals surface area contributed by atoms with Gasteiger partial charge >= 0.3 is 18.0 Å². The van der Waals surface area contributed by atoms with Crippen LogP contribution in [0.15, 0.2) is 72.8 Å². The van der Waals surface area contributed by atoms with Gasteiger partial charge in [-0.2, -0.15) is 0 Å². The fourth-order valence-electron chi connectivity index (χ4n) is 6.04. The SMILES string of the molecule is CCOC(=O)C[C@H](NC[C@H](CC(C)C)N1C(=O)N(Cc2ccc(NC(=O)Nc3ccccc3C)c(OC)c2)C(C)(C)C1=O)c1ccccc1. The third-order valence-electron chi connectivity index (χ3n) is 8.69. The molecule has 3 N–H and O–H groups in total. The molecule has 1 aliphatic rings. The van der Waals surface area contributed by atoms with Crippen LogP contribution in [0.1, 0.15) is 70.2 Å². The number of rotatable bonds is 15. The van der Waals surface area contributed by atoms with Crippen LogP contribution in [0.25, 0.3) is 0 Å². The zero-order chi connectivity index (χ0) is 35.7.